The van der Waals surface area contributed by atoms with Crippen LogP contribution in [-0.4, -0.2) is 29.3 Å². The minimum absolute atomic E-state index is 0.117. The Morgan fingerprint density at radius 1 is 1.39 bits per heavy atom. The van der Waals surface area contributed by atoms with E-state index in [-0.39, 0.29) is 6.61 Å². The molecule has 0 aliphatic rings. The van der Waals surface area contributed by atoms with Crippen molar-refractivity contribution in [1.29, 1.82) is 0 Å². The van der Waals surface area contributed by atoms with Crippen LogP contribution in [-0.2, 0) is 16.1 Å². The van der Waals surface area contributed by atoms with Crippen LogP contribution in [0.15, 0.2) is 30.3 Å². The highest BCUT2D eigenvalue weighted by atomic mass is 16.5. The normalized spacial score (nSPS) is 13.4. The molecule has 1 aromatic carbocycles. The highest BCUT2D eigenvalue weighted by molar-refractivity contribution is 5.80. The monoisotopic (exact) mass is 252 g/mol. The Balaban J connectivity index is 2.36. The number of ether oxygens (including phenoxy) is 1. The molecule has 6 heteroatoms. The Hall–Kier alpha value is -2.08. The first-order chi connectivity index (χ1) is 8.50. The second-order valence-corrected chi connectivity index (χ2v) is 3.84. The summed E-state index contributed by atoms with van der Waals surface area (Å²) in [5, 5.41) is 11.6. The van der Waals surface area contributed by atoms with Crippen molar-refractivity contribution in [3.63, 3.8) is 0 Å². The summed E-state index contributed by atoms with van der Waals surface area (Å²) in [6.45, 7) is 1.57. The van der Waals surface area contributed by atoms with Crippen molar-refractivity contribution in [3.8, 4) is 0 Å². The van der Waals surface area contributed by atoms with Gasteiger partial charge in [0, 0.05) is 0 Å². The summed E-state index contributed by atoms with van der Waals surface area (Å²) in [6.07, 6.45) is -2.15. The molecule has 0 aliphatic heterocycles. The number of amides is 2. The van der Waals surface area contributed by atoms with E-state index in [1.807, 2.05) is 30.3 Å². The first kappa shape index (κ1) is 14.0. The topological polar surface area (TPSA) is 102 Å². The molecule has 2 unspecified atom stereocenters. The molecule has 0 spiro atoms. The van der Waals surface area contributed by atoms with E-state index in [1.54, 1.807) is 0 Å². The lowest BCUT2D eigenvalue weighted by Crippen LogP contribution is -2.47. The summed E-state index contributed by atoms with van der Waals surface area (Å²) in [5.41, 5.74) is 5.74. The smallest absolute Gasteiger partial charge is 0.407 e. The Morgan fingerprint density at radius 2 is 2.00 bits per heavy atom. The minimum Gasteiger partial charge on any atom is -0.445 e. The Labute approximate surface area is 105 Å². The number of benzene rings is 1. The standard InChI is InChI=1S/C12H16N2O4/c1-8(10(15)11(13)16)14-12(17)18-7-9-5-3-2-4-6-9/h2-6,8,10,15H,7H2,1H3,(H2,13,16)(H,14,17). The SMILES string of the molecule is CC(NC(=O)OCc1ccccc1)C(O)C(N)=O. The molecule has 0 saturated heterocycles. The first-order valence-electron chi connectivity index (χ1n) is 5.45. The molecule has 98 valence electrons. The number of primary amides is 1. The zero-order chi connectivity index (χ0) is 13.5. The maximum Gasteiger partial charge on any atom is 0.407 e. The van der Waals surface area contributed by atoms with E-state index in [0.717, 1.165) is 5.56 Å². The van der Waals surface area contributed by atoms with E-state index in [9.17, 15) is 14.7 Å². The molecule has 0 aliphatic carbocycles. The van der Waals surface area contributed by atoms with Gasteiger partial charge in [-0.2, -0.15) is 0 Å². The van der Waals surface area contributed by atoms with Crippen molar-refractivity contribution >= 4 is 12.0 Å². The van der Waals surface area contributed by atoms with Crippen molar-refractivity contribution in [3.05, 3.63) is 35.9 Å². The fraction of sp³-hybridized carbons (Fsp3) is 0.333. The molecule has 1 aromatic rings. The summed E-state index contributed by atoms with van der Waals surface area (Å²) in [6, 6.07) is 8.34. The summed E-state index contributed by atoms with van der Waals surface area (Å²) in [5.74, 6) is -0.897. The molecule has 6 nitrogen and oxygen atoms in total. The van der Waals surface area contributed by atoms with Crippen LogP contribution in [0.1, 0.15) is 12.5 Å². The Kier molecular flexibility index (Phi) is 5.13. The van der Waals surface area contributed by atoms with Gasteiger partial charge in [-0.1, -0.05) is 30.3 Å². The van der Waals surface area contributed by atoms with E-state index in [1.165, 1.54) is 6.92 Å². The first-order valence-corrected chi connectivity index (χ1v) is 5.45. The van der Waals surface area contributed by atoms with E-state index < -0.39 is 24.1 Å². The van der Waals surface area contributed by atoms with Gasteiger partial charge in [-0.3, -0.25) is 4.79 Å². The van der Waals surface area contributed by atoms with Gasteiger partial charge in [0.2, 0.25) is 5.91 Å². The van der Waals surface area contributed by atoms with Crippen LogP contribution in [0.2, 0.25) is 0 Å². The largest absolute Gasteiger partial charge is 0.445 e. The molecule has 0 fully saturated rings. The number of aliphatic hydroxyl groups excluding tert-OH is 1. The molecule has 1 rings (SSSR count). The number of carbonyl (C=O) groups excluding carboxylic acids is 2. The molecular formula is C12H16N2O4. The Morgan fingerprint density at radius 3 is 2.56 bits per heavy atom. The minimum atomic E-state index is -1.44. The second-order valence-electron chi connectivity index (χ2n) is 3.84. The van der Waals surface area contributed by atoms with Crippen molar-refractivity contribution in [2.24, 2.45) is 5.73 Å². The molecule has 0 radical (unpaired) electrons. The van der Waals surface area contributed by atoms with Crippen molar-refractivity contribution in [2.45, 2.75) is 25.7 Å². The molecule has 0 bridgehead atoms. The van der Waals surface area contributed by atoms with E-state index >= 15 is 0 Å². The van der Waals surface area contributed by atoms with Crippen LogP contribution in [0.4, 0.5) is 4.79 Å². The van der Waals surface area contributed by atoms with E-state index in [2.05, 4.69) is 5.32 Å². The van der Waals surface area contributed by atoms with Crippen LogP contribution in [0, 0.1) is 0 Å². The summed E-state index contributed by atoms with van der Waals surface area (Å²) >= 11 is 0. The van der Waals surface area contributed by atoms with Crippen molar-refractivity contribution in [2.75, 3.05) is 0 Å². The van der Waals surface area contributed by atoms with Crippen molar-refractivity contribution in [1.82, 2.24) is 5.32 Å². The summed E-state index contributed by atoms with van der Waals surface area (Å²) in [7, 11) is 0. The highest BCUT2D eigenvalue weighted by Gasteiger charge is 2.21. The quantitative estimate of drug-likeness (QED) is 0.694. The van der Waals surface area contributed by atoms with Gasteiger partial charge in [-0.25, -0.2) is 4.79 Å². The fourth-order valence-electron chi connectivity index (χ4n) is 1.28. The number of aliphatic hydroxyl groups is 1. The van der Waals surface area contributed by atoms with Gasteiger partial charge in [0.1, 0.15) is 6.61 Å². The lowest BCUT2D eigenvalue weighted by molar-refractivity contribution is -0.127. The van der Waals surface area contributed by atoms with Gasteiger partial charge in [0.05, 0.1) is 6.04 Å². The van der Waals surface area contributed by atoms with Gasteiger partial charge in [-0.15, -0.1) is 0 Å². The predicted molar refractivity (Wildman–Crippen MR) is 64.4 cm³/mol. The highest BCUT2D eigenvalue weighted by Crippen LogP contribution is 2.01. The number of rotatable bonds is 5. The van der Waals surface area contributed by atoms with Gasteiger partial charge in [0.15, 0.2) is 6.10 Å². The third kappa shape index (κ3) is 4.42. The molecule has 0 saturated carbocycles. The average molecular weight is 252 g/mol. The maximum atomic E-state index is 11.4. The van der Waals surface area contributed by atoms with Crippen molar-refractivity contribution < 1.29 is 19.4 Å². The number of hydrogen-bond donors (Lipinski definition) is 3. The van der Waals surface area contributed by atoms with Crippen LogP contribution in [0.5, 0.6) is 0 Å². The van der Waals surface area contributed by atoms with Gasteiger partial charge < -0.3 is 20.9 Å². The van der Waals surface area contributed by atoms with Crippen LogP contribution in [0.3, 0.4) is 0 Å². The maximum absolute atomic E-state index is 11.4. The van der Waals surface area contributed by atoms with Crippen LogP contribution < -0.4 is 11.1 Å². The van der Waals surface area contributed by atoms with Gasteiger partial charge >= 0.3 is 6.09 Å². The molecule has 4 N–H and O–H groups in total. The molecule has 2 amide bonds. The third-order valence-electron chi connectivity index (χ3n) is 2.32. The lowest BCUT2D eigenvalue weighted by Gasteiger charge is -2.17. The molecule has 0 heterocycles. The summed E-state index contributed by atoms with van der Waals surface area (Å²) < 4.78 is 4.92. The number of nitrogens with two attached hydrogens (primary N) is 1. The molecule has 18 heavy (non-hydrogen) atoms. The van der Waals surface area contributed by atoms with Crippen LogP contribution in [0.25, 0.3) is 0 Å². The number of alkyl carbamates (subject to hydrolysis) is 1. The molecule has 0 aromatic heterocycles. The molecule has 2 atom stereocenters. The second kappa shape index (κ2) is 6.61. The number of carbonyl (C=O) groups is 2. The number of nitrogens with one attached hydrogen (secondary N) is 1. The third-order valence-corrected chi connectivity index (χ3v) is 2.32. The van der Waals surface area contributed by atoms with Gasteiger partial charge in [0.25, 0.3) is 0 Å². The fourth-order valence-corrected chi connectivity index (χ4v) is 1.28. The number of hydrogen-bond acceptors (Lipinski definition) is 4. The van der Waals surface area contributed by atoms with Crippen LogP contribution >= 0.6 is 0 Å². The zero-order valence-corrected chi connectivity index (χ0v) is 10.00. The predicted octanol–water partition coefficient (Wildman–Crippen LogP) is 0.148. The van der Waals surface area contributed by atoms with Gasteiger partial charge in [-0.05, 0) is 12.5 Å². The average Bonchev–Trinajstić information content (AvgIpc) is 2.36. The zero-order valence-electron chi connectivity index (χ0n) is 10.00. The molecular weight excluding hydrogens is 236 g/mol. The lowest BCUT2D eigenvalue weighted by atomic mass is 10.2. The van der Waals surface area contributed by atoms with E-state index in [4.69, 9.17) is 10.5 Å². The summed E-state index contributed by atoms with van der Waals surface area (Å²) in [4.78, 5) is 22.0. The van der Waals surface area contributed by atoms with E-state index in [0.29, 0.717) is 0 Å². The Bertz CT molecular complexity index is 408.